The summed E-state index contributed by atoms with van der Waals surface area (Å²) >= 11 is 0. The Bertz CT molecular complexity index is 447. The lowest BCUT2D eigenvalue weighted by Gasteiger charge is -2.23. The molecule has 0 aromatic heterocycles. The van der Waals surface area contributed by atoms with E-state index in [2.05, 4.69) is 5.32 Å². The summed E-state index contributed by atoms with van der Waals surface area (Å²) in [6, 6.07) is 4.68. The highest BCUT2D eigenvalue weighted by Crippen LogP contribution is 2.22. The summed E-state index contributed by atoms with van der Waals surface area (Å²) in [5.41, 5.74) is -0.0796. The summed E-state index contributed by atoms with van der Waals surface area (Å²) in [6.07, 6.45) is 1.02. The molecule has 2 rings (SSSR count). The maximum atomic E-state index is 13.9. The number of hydrogen-bond acceptors (Lipinski definition) is 4. The van der Waals surface area contributed by atoms with Gasteiger partial charge in [0.1, 0.15) is 0 Å². The minimum Gasteiger partial charge on any atom is -0.315 e. The molecule has 1 heterocycles. The van der Waals surface area contributed by atoms with Crippen LogP contribution in [-0.4, -0.2) is 36.0 Å². The molecule has 1 aliphatic rings. The van der Waals surface area contributed by atoms with E-state index >= 15 is 0 Å². The topological polar surface area (TPSA) is 58.4 Å². The van der Waals surface area contributed by atoms with Crippen LogP contribution in [0.25, 0.3) is 0 Å². The molecule has 0 radical (unpaired) electrons. The van der Waals surface area contributed by atoms with Crippen LogP contribution in [0, 0.1) is 15.9 Å². The van der Waals surface area contributed by atoms with Gasteiger partial charge in [0.05, 0.1) is 4.92 Å². The number of nitrogens with zero attached hydrogens (tertiary/aromatic N) is 2. The molecular formula is C12H16FN3O2. The number of likely N-dealkylation sites (N-methyl/N-ethyl adjacent to an activating group) is 1. The third kappa shape index (κ3) is 2.65. The molecular weight excluding hydrogens is 237 g/mol. The lowest BCUT2D eigenvalue weighted by molar-refractivity contribution is -0.387. The van der Waals surface area contributed by atoms with Gasteiger partial charge >= 0.3 is 5.69 Å². The van der Waals surface area contributed by atoms with Crippen LogP contribution >= 0.6 is 0 Å². The Balaban J connectivity index is 2.13. The first-order valence-corrected chi connectivity index (χ1v) is 5.92. The Morgan fingerprint density at radius 1 is 1.61 bits per heavy atom. The fourth-order valence-corrected chi connectivity index (χ4v) is 2.24. The van der Waals surface area contributed by atoms with Gasteiger partial charge in [0.25, 0.3) is 0 Å². The van der Waals surface area contributed by atoms with Crippen molar-refractivity contribution in [1.82, 2.24) is 10.2 Å². The van der Waals surface area contributed by atoms with Crippen LogP contribution < -0.4 is 5.32 Å². The van der Waals surface area contributed by atoms with Crippen molar-refractivity contribution < 1.29 is 9.31 Å². The van der Waals surface area contributed by atoms with Gasteiger partial charge < -0.3 is 5.32 Å². The molecule has 5 nitrogen and oxygen atoms in total. The molecule has 1 unspecified atom stereocenters. The lowest BCUT2D eigenvalue weighted by atomic mass is 10.1. The third-order valence-electron chi connectivity index (χ3n) is 3.33. The minimum absolute atomic E-state index is 0.365. The summed E-state index contributed by atoms with van der Waals surface area (Å²) in [5.74, 6) is -0.722. The number of nitrogens with one attached hydrogen (secondary N) is 1. The fourth-order valence-electron chi connectivity index (χ4n) is 2.24. The zero-order valence-electron chi connectivity index (χ0n) is 10.2. The van der Waals surface area contributed by atoms with Crippen LogP contribution in [0.2, 0.25) is 0 Å². The maximum absolute atomic E-state index is 13.9. The van der Waals surface area contributed by atoms with E-state index in [1.165, 1.54) is 12.1 Å². The zero-order chi connectivity index (χ0) is 13.1. The number of benzene rings is 1. The summed E-state index contributed by atoms with van der Waals surface area (Å²) in [5, 5.41) is 13.9. The number of nitro groups is 1. The Hall–Kier alpha value is -1.53. The van der Waals surface area contributed by atoms with Gasteiger partial charge in [-0.15, -0.1) is 0 Å². The number of nitro benzene ring substituents is 1. The number of rotatable bonds is 4. The van der Waals surface area contributed by atoms with Crippen LogP contribution in [0.15, 0.2) is 18.2 Å². The standard InChI is InChI=1S/C12H16FN3O2/c1-15(10-5-6-14-7-10)8-9-3-2-4-11(12(9)13)16(17)18/h2-4,10,14H,5-8H2,1H3. The average molecular weight is 253 g/mol. The van der Waals surface area contributed by atoms with E-state index in [1.807, 2.05) is 11.9 Å². The largest absolute Gasteiger partial charge is 0.315 e. The van der Waals surface area contributed by atoms with Gasteiger partial charge in [-0.25, -0.2) is 0 Å². The molecule has 98 valence electrons. The van der Waals surface area contributed by atoms with Gasteiger partial charge in [0.2, 0.25) is 5.82 Å². The SMILES string of the molecule is CN(Cc1cccc([N+](=O)[O-])c1F)C1CCNC1. The molecule has 0 aliphatic carbocycles. The predicted molar refractivity (Wildman–Crippen MR) is 65.8 cm³/mol. The van der Waals surface area contributed by atoms with E-state index in [4.69, 9.17) is 0 Å². The monoisotopic (exact) mass is 253 g/mol. The molecule has 0 amide bonds. The van der Waals surface area contributed by atoms with Crippen molar-refractivity contribution in [2.75, 3.05) is 20.1 Å². The summed E-state index contributed by atoms with van der Waals surface area (Å²) in [6.45, 7) is 2.24. The smallest absolute Gasteiger partial charge is 0.305 e. The highest BCUT2D eigenvalue weighted by Gasteiger charge is 2.22. The second-order valence-corrected chi connectivity index (χ2v) is 4.57. The van der Waals surface area contributed by atoms with E-state index in [1.54, 1.807) is 6.07 Å². The van der Waals surface area contributed by atoms with Crippen LogP contribution in [0.4, 0.5) is 10.1 Å². The number of halogens is 1. The normalized spacial score (nSPS) is 19.4. The van der Waals surface area contributed by atoms with Gasteiger partial charge in [-0.2, -0.15) is 4.39 Å². The van der Waals surface area contributed by atoms with Crippen LogP contribution in [-0.2, 0) is 6.54 Å². The molecule has 1 aromatic carbocycles. The number of hydrogen-bond donors (Lipinski definition) is 1. The van der Waals surface area contributed by atoms with Gasteiger partial charge in [-0.3, -0.25) is 15.0 Å². The maximum Gasteiger partial charge on any atom is 0.305 e. The van der Waals surface area contributed by atoms with Crippen molar-refractivity contribution in [2.45, 2.75) is 19.0 Å². The van der Waals surface area contributed by atoms with Crippen molar-refractivity contribution in [1.29, 1.82) is 0 Å². The predicted octanol–water partition coefficient (Wildman–Crippen LogP) is 1.53. The molecule has 18 heavy (non-hydrogen) atoms. The van der Waals surface area contributed by atoms with E-state index in [9.17, 15) is 14.5 Å². The molecule has 1 aliphatic heterocycles. The van der Waals surface area contributed by atoms with E-state index < -0.39 is 16.4 Å². The summed E-state index contributed by atoms with van der Waals surface area (Å²) in [7, 11) is 1.91. The highest BCUT2D eigenvalue weighted by atomic mass is 19.1. The zero-order valence-corrected chi connectivity index (χ0v) is 10.2. The average Bonchev–Trinajstić information content (AvgIpc) is 2.85. The van der Waals surface area contributed by atoms with Gasteiger partial charge in [-0.1, -0.05) is 12.1 Å². The second kappa shape index (κ2) is 5.41. The van der Waals surface area contributed by atoms with Crippen molar-refractivity contribution in [2.24, 2.45) is 0 Å². The van der Waals surface area contributed by atoms with Crippen LogP contribution in [0.5, 0.6) is 0 Å². The van der Waals surface area contributed by atoms with Crippen molar-refractivity contribution in [3.63, 3.8) is 0 Å². The first-order valence-electron chi connectivity index (χ1n) is 5.92. The lowest BCUT2D eigenvalue weighted by Crippen LogP contribution is -2.33. The first kappa shape index (κ1) is 12.9. The van der Waals surface area contributed by atoms with Crippen LogP contribution in [0.3, 0.4) is 0 Å². The summed E-state index contributed by atoms with van der Waals surface area (Å²) < 4.78 is 13.9. The van der Waals surface area contributed by atoms with E-state index in [0.29, 0.717) is 18.2 Å². The molecule has 0 bridgehead atoms. The minimum atomic E-state index is -0.722. The quantitative estimate of drug-likeness (QED) is 0.653. The van der Waals surface area contributed by atoms with Crippen molar-refractivity contribution >= 4 is 5.69 Å². The van der Waals surface area contributed by atoms with Crippen LogP contribution in [0.1, 0.15) is 12.0 Å². The molecule has 1 saturated heterocycles. The Labute approximate surface area is 105 Å². The molecule has 1 atom stereocenters. The molecule has 0 saturated carbocycles. The van der Waals surface area contributed by atoms with Gasteiger partial charge in [-0.05, 0) is 20.0 Å². The van der Waals surface area contributed by atoms with Gasteiger partial charge in [0.15, 0.2) is 0 Å². The Morgan fingerprint density at radius 2 is 2.39 bits per heavy atom. The first-order chi connectivity index (χ1) is 8.59. The van der Waals surface area contributed by atoms with Crippen molar-refractivity contribution in [3.05, 3.63) is 39.7 Å². The summed E-state index contributed by atoms with van der Waals surface area (Å²) in [4.78, 5) is 12.0. The van der Waals surface area contributed by atoms with Gasteiger partial charge in [0, 0.05) is 30.8 Å². The molecule has 1 N–H and O–H groups in total. The molecule has 1 aromatic rings. The molecule has 6 heteroatoms. The van der Waals surface area contributed by atoms with E-state index in [-0.39, 0.29) is 0 Å². The van der Waals surface area contributed by atoms with Crippen molar-refractivity contribution in [3.8, 4) is 0 Å². The third-order valence-corrected chi connectivity index (χ3v) is 3.33. The Kier molecular flexibility index (Phi) is 3.88. The molecule has 1 fully saturated rings. The van der Waals surface area contributed by atoms with E-state index in [0.717, 1.165) is 19.5 Å². The Morgan fingerprint density at radius 3 is 3.00 bits per heavy atom. The fraction of sp³-hybridized carbons (Fsp3) is 0.500. The second-order valence-electron chi connectivity index (χ2n) is 4.57. The highest BCUT2D eigenvalue weighted by molar-refractivity contribution is 5.36. The molecule has 0 spiro atoms.